The Balaban J connectivity index is 1.80. The van der Waals surface area contributed by atoms with Gasteiger partial charge in [0.25, 0.3) is 0 Å². The van der Waals surface area contributed by atoms with E-state index >= 15 is 0 Å². The van der Waals surface area contributed by atoms with Crippen LogP contribution in [-0.4, -0.2) is 29.8 Å². The van der Waals surface area contributed by atoms with Crippen molar-refractivity contribution in [2.75, 3.05) is 13.7 Å². The lowest BCUT2D eigenvalue weighted by molar-refractivity contribution is -0.137. The van der Waals surface area contributed by atoms with Crippen LogP contribution in [0.4, 0.5) is 0 Å². The van der Waals surface area contributed by atoms with Gasteiger partial charge in [-0.2, -0.15) is 0 Å². The number of aliphatic carboxylic acids is 1. The predicted octanol–water partition coefficient (Wildman–Crippen LogP) is 6.10. The minimum Gasteiger partial charge on any atom is -0.497 e. The summed E-state index contributed by atoms with van der Waals surface area (Å²) in [5.41, 5.74) is 3.75. The second-order valence-corrected chi connectivity index (χ2v) is 7.30. The summed E-state index contributed by atoms with van der Waals surface area (Å²) in [6.45, 7) is 0.485. The van der Waals surface area contributed by atoms with Gasteiger partial charge in [-0.25, -0.2) is 4.98 Å². The number of rotatable bonds is 10. The summed E-state index contributed by atoms with van der Waals surface area (Å²) >= 11 is 6.02. The van der Waals surface area contributed by atoms with E-state index in [0.717, 1.165) is 41.0 Å². The molecule has 0 spiro atoms. The molecule has 0 atom stereocenters. The molecule has 0 aliphatic heterocycles. The third kappa shape index (κ3) is 6.22. The van der Waals surface area contributed by atoms with Gasteiger partial charge in [-0.15, -0.1) is 0 Å². The first kappa shape index (κ1) is 21.7. The number of carboxylic acids is 1. The molecule has 1 aromatic heterocycles. The molecule has 0 saturated heterocycles. The van der Waals surface area contributed by atoms with E-state index in [0.29, 0.717) is 23.9 Å². The number of methoxy groups -OCH3 is 1. The summed E-state index contributed by atoms with van der Waals surface area (Å²) in [7, 11) is 1.64. The number of hydrogen-bond donors (Lipinski definition) is 1. The van der Waals surface area contributed by atoms with Crippen LogP contribution in [0.1, 0.15) is 25.7 Å². The molecule has 156 valence electrons. The first-order chi connectivity index (χ1) is 14.5. The Bertz CT molecular complexity index is 972. The summed E-state index contributed by atoms with van der Waals surface area (Å²) < 4.78 is 11.1. The maximum atomic E-state index is 10.6. The molecule has 0 saturated carbocycles. The second-order valence-electron chi connectivity index (χ2n) is 6.87. The van der Waals surface area contributed by atoms with Crippen molar-refractivity contribution in [3.63, 3.8) is 0 Å². The lowest BCUT2D eigenvalue weighted by atomic mass is 10.0. The Morgan fingerprint density at radius 2 is 1.63 bits per heavy atom. The second kappa shape index (κ2) is 10.6. The highest BCUT2D eigenvalue weighted by Crippen LogP contribution is 2.30. The van der Waals surface area contributed by atoms with Crippen LogP contribution >= 0.6 is 11.6 Å². The fourth-order valence-corrected chi connectivity index (χ4v) is 3.16. The molecule has 0 bridgehead atoms. The van der Waals surface area contributed by atoms with Gasteiger partial charge in [0.15, 0.2) is 0 Å². The zero-order valence-corrected chi connectivity index (χ0v) is 17.6. The third-order valence-electron chi connectivity index (χ3n) is 4.65. The van der Waals surface area contributed by atoms with Crippen LogP contribution in [0.15, 0.2) is 60.7 Å². The van der Waals surface area contributed by atoms with E-state index in [2.05, 4.69) is 4.98 Å². The number of halogens is 1. The molecular weight excluding hydrogens is 402 g/mol. The first-order valence-electron chi connectivity index (χ1n) is 9.82. The van der Waals surface area contributed by atoms with Crippen molar-refractivity contribution in [1.82, 2.24) is 4.98 Å². The zero-order chi connectivity index (χ0) is 21.3. The maximum Gasteiger partial charge on any atom is 0.303 e. The largest absolute Gasteiger partial charge is 0.497 e. The minimum absolute atomic E-state index is 0.186. The van der Waals surface area contributed by atoms with E-state index in [1.807, 2.05) is 60.7 Å². The van der Waals surface area contributed by atoms with Crippen molar-refractivity contribution in [3.8, 4) is 34.0 Å². The van der Waals surface area contributed by atoms with Crippen molar-refractivity contribution < 1.29 is 19.4 Å². The normalized spacial score (nSPS) is 10.6. The average molecular weight is 426 g/mol. The van der Waals surface area contributed by atoms with Crippen molar-refractivity contribution >= 4 is 17.6 Å². The molecular formula is C24H24ClNO4. The first-order valence-corrected chi connectivity index (χ1v) is 10.2. The highest BCUT2D eigenvalue weighted by Gasteiger charge is 2.09. The topological polar surface area (TPSA) is 68.7 Å². The van der Waals surface area contributed by atoms with Crippen LogP contribution in [-0.2, 0) is 4.79 Å². The van der Waals surface area contributed by atoms with Gasteiger partial charge in [0, 0.05) is 23.1 Å². The van der Waals surface area contributed by atoms with E-state index in [-0.39, 0.29) is 6.42 Å². The number of aromatic nitrogens is 1. The fourth-order valence-electron chi connectivity index (χ4n) is 3.03. The number of carboxylic acid groups (broad SMARTS) is 1. The van der Waals surface area contributed by atoms with Crippen LogP contribution in [0.3, 0.4) is 0 Å². The van der Waals surface area contributed by atoms with Crippen molar-refractivity contribution in [1.29, 1.82) is 0 Å². The molecule has 0 aliphatic carbocycles. The standard InChI is InChI=1S/C24H24ClNO4/c1-29-21-12-8-17(9-13-21)19-15-22(18-6-10-20(25)11-7-18)26-23(16-19)30-14-4-2-3-5-24(27)28/h6-13,15-16H,2-5,14H2,1H3,(H,27,28). The number of unbranched alkanes of at least 4 members (excludes halogenated alkanes) is 2. The Morgan fingerprint density at radius 3 is 2.30 bits per heavy atom. The minimum atomic E-state index is -0.766. The van der Waals surface area contributed by atoms with Gasteiger partial charge in [-0.3, -0.25) is 4.79 Å². The van der Waals surface area contributed by atoms with Gasteiger partial charge < -0.3 is 14.6 Å². The van der Waals surface area contributed by atoms with Crippen LogP contribution in [0.2, 0.25) is 5.02 Å². The van der Waals surface area contributed by atoms with E-state index in [4.69, 9.17) is 26.2 Å². The summed E-state index contributed by atoms with van der Waals surface area (Å²) in [6, 6.07) is 19.3. The fraction of sp³-hybridized carbons (Fsp3) is 0.250. The highest BCUT2D eigenvalue weighted by molar-refractivity contribution is 6.30. The van der Waals surface area contributed by atoms with Crippen LogP contribution in [0.25, 0.3) is 22.4 Å². The molecule has 1 N–H and O–H groups in total. The average Bonchev–Trinajstić information content (AvgIpc) is 2.76. The van der Waals surface area contributed by atoms with Gasteiger partial charge in [0.1, 0.15) is 5.75 Å². The SMILES string of the molecule is COc1ccc(-c2cc(OCCCCCC(=O)O)nc(-c3ccc(Cl)cc3)c2)cc1. The molecule has 0 radical (unpaired) electrons. The van der Waals surface area contributed by atoms with Gasteiger partial charge in [-0.1, -0.05) is 35.9 Å². The molecule has 30 heavy (non-hydrogen) atoms. The van der Waals surface area contributed by atoms with E-state index in [9.17, 15) is 4.79 Å². The van der Waals surface area contributed by atoms with Crippen molar-refractivity contribution in [2.45, 2.75) is 25.7 Å². The molecule has 0 aliphatic rings. The highest BCUT2D eigenvalue weighted by atomic mass is 35.5. The van der Waals surface area contributed by atoms with Crippen LogP contribution in [0, 0.1) is 0 Å². The maximum absolute atomic E-state index is 10.6. The Kier molecular flexibility index (Phi) is 7.69. The molecule has 3 rings (SSSR count). The Labute approximate surface area is 181 Å². The van der Waals surface area contributed by atoms with Crippen LogP contribution < -0.4 is 9.47 Å². The molecule has 5 nitrogen and oxygen atoms in total. The molecule has 0 unspecified atom stereocenters. The van der Waals surface area contributed by atoms with Crippen molar-refractivity contribution in [3.05, 3.63) is 65.7 Å². The number of benzene rings is 2. The molecule has 2 aromatic carbocycles. The smallest absolute Gasteiger partial charge is 0.303 e. The number of ether oxygens (including phenoxy) is 2. The van der Waals surface area contributed by atoms with E-state index < -0.39 is 5.97 Å². The van der Waals surface area contributed by atoms with Gasteiger partial charge in [0.05, 0.1) is 19.4 Å². The molecule has 3 aromatic rings. The zero-order valence-electron chi connectivity index (χ0n) is 16.8. The van der Waals surface area contributed by atoms with Gasteiger partial charge >= 0.3 is 5.97 Å². The number of nitrogens with zero attached hydrogens (tertiary/aromatic N) is 1. The Morgan fingerprint density at radius 1 is 0.933 bits per heavy atom. The quantitative estimate of drug-likeness (QED) is 0.397. The summed E-state index contributed by atoms with van der Waals surface area (Å²) in [5, 5.41) is 9.39. The summed E-state index contributed by atoms with van der Waals surface area (Å²) in [5.74, 6) is 0.562. The third-order valence-corrected chi connectivity index (χ3v) is 4.90. The molecule has 0 fully saturated rings. The van der Waals surface area contributed by atoms with E-state index in [1.54, 1.807) is 7.11 Å². The van der Waals surface area contributed by atoms with Gasteiger partial charge in [0.2, 0.25) is 5.88 Å². The lowest BCUT2D eigenvalue weighted by Gasteiger charge is -2.11. The summed E-state index contributed by atoms with van der Waals surface area (Å²) in [6.07, 6.45) is 2.41. The number of hydrogen-bond acceptors (Lipinski definition) is 4. The number of carbonyl (C=O) groups is 1. The monoisotopic (exact) mass is 425 g/mol. The number of pyridine rings is 1. The van der Waals surface area contributed by atoms with Crippen molar-refractivity contribution in [2.24, 2.45) is 0 Å². The summed E-state index contributed by atoms with van der Waals surface area (Å²) in [4.78, 5) is 15.3. The lowest BCUT2D eigenvalue weighted by Crippen LogP contribution is -2.01. The predicted molar refractivity (Wildman–Crippen MR) is 118 cm³/mol. The molecule has 1 heterocycles. The van der Waals surface area contributed by atoms with Gasteiger partial charge in [-0.05, 0) is 60.7 Å². The van der Waals surface area contributed by atoms with Crippen LogP contribution in [0.5, 0.6) is 11.6 Å². The molecule has 0 amide bonds. The molecule has 6 heteroatoms. The Hall–Kier alpha value is -3.05. The van der Waals surface area contributed by atoms with E-state index in [1.165, 1.54) is 0 Å².